The Morgan fingerprint density at radius 1 is 0.442 bits per heavy atom. The maximum absolute atomic E-state index is 13.1. The molecule has 12 nitrogen and oxygen atoms in total. The third-order valence-corrected chi connectivity index (χ3v) is 11.9. The van der Waals surface area contributed by atoms with Gasteiger partial charge < -0.3 is 39.0 Å². The largest absolute Gasteiger partial charge is 0.479 e. The summed E-state index contributed by atoms with van der Waals surface area (Å²) in [6.45, 7) is 5.59. The Kier molecular flexibility index (Phi) is 46.4. The van der Waals surface area contributed by atoms with Gasteiger partial charge in [-0.1, -0.05) is 199 Å². The van der Waals surface area contributed by atoms with E-state index in [1.54, 1.807) is 0 Å². The number of allylic oxidation sites excluding steroid dienone is 24. The normalized spacial score (nSPS) is 19.1. The minimum atomic E-state index is -1.95. The maximum Gasteiger partial charge on any atom is 0.335 e. The molecule has 77 heavy (non-hydrogen) atoms. The van der Waals surface area contributed by atoms with E-state index < -0.39 is 67.3 Å². The molecule has 12 heteroatoms. The standard InChI is InChI=1S/C65H98O12/c1-4-7-10-13-16-19-22-25-27-28-29-30-32-34-36-39-42-45-48-51-57(66)73-54-56(75-58(67)52-49-46-43-40-38-35-31-26-23-20-17-14-11-8-5-2)55-74-65-63(61(70)60(69)62(77-65)64(71)72)76-59(68)53-50-47-44-41-37-33-24-21-18-15-12-9-6-3/h7,9-10,12,16-21,25-27,29-31,33-34,36-37,42,44-45,47,56,60-63,65,69-70H,4-6,8,11,13-15,22-24,28,32,35,38-41,43,46,48-55H2,1-3H3,(H,71,72)/b10-7-,12-9-,19-16-,20-17-,21-18-,27-25-,30-29-,31-26-,36-34-,37-33-,45-42-,47-44-. The Morgan fingerprint density at radius 2 is 0.844 bits per heavy atom. The summed E-state index contributed by atoms with van der Waals surface area (Å²) in [6.07, 6.45) is 61.3. The Balaban J connectivity index is 2.80. The molecule has 1 aliphatic heterocycles. The molecule has 0 aromatic carbocycles. The summed E-state index contributed by atoms with van der Waals surface area (Å²) in [5, 5.41) is 31.4. The summed E-state index contributed by atoms with van der Waals surface area (Å²) >= 11 is 0. The summed E-state index contributed by atoms with van der Waals surface area (Å²) in [7, 11) is 0. The lowest BCUT2D eigenvalue weighted by molar-refractivity contribution is -0.301. The van der Waals surface area contributed by atoms with Crippen molar-refractivity contribution in [2.75, 3.05) is 13.2 Å². The van der Waals surface area contributed by atoms with Crippen molar-refractivity contribution in [2.24, 2.45) is 0 Å². The van der Waals surface area contributed by atoms with Crippen LogP contribution >= 0.6 is 0 Å². The SMILES string of the molecule is CC/C=C\C/C=C\C/C=C\C/C=C\C/C=C\C/C=C\CCC(=O)OCC(COC1OC(C(=O)O)C(O)C(O)C1OC(=O)CC/C=C\C/C=C\C/C=C\C/C=C\CC)OC(=O)CCCCCCC/C=C\C/C=C\CCCCC. The molecule has 1 saturated heterocycles. The Hall–Kier alpha value is -5.40. The fraction of sp³-hybridized carbons (Fsp3) is 0.569. The highest BCUT2D eigenvalue weighted by Crippen LogP contribution is 2.26. The fourth-order valence-corrected chi connectivity index (χ4v) is 7.55. The molecule has 0 radical (unpaired) electrons. The van der Waals surface area contributed by atoms with Crippen molar-refractivity contribution in [3.8, 4) is 0 Å². The first-order chi connectivity index (χ1) is 37.6. The van der Waals surface area contributed by atoms with Gasteiger partial charge in [-0.05, 0) is 116 Å². The molecule has 3 N–H and O–H groups in total. The van der Waals surface area contributed by atoms with Crippen LogP contribution in [0.2, 0.25) is 0 Å². The topological polar surface area (TPSA) is 175 Å². The lowest BCUT2D eigenvalue weighted by atomic mass is 9.98. The number of unbranched alkanes of at least 4 members (excludes halogenated alkanes) is 8. The zero-order chi connectivity index (χ0) is 56.1. The number of carbonyl (C=O) groups is 4. The van der Waals surface area contributed by atoms with E-state index >= 15 is 0 Å². The quantitative estimate of drug-likeness (QED) is 0.0228. The summed E-state index contributed by atoms with van der Waals surface area (Å²) in [5.41, 5.74) is 0. The van der Waals surface area contributed by atoms with E-state index in [0.29, 0.717) is 32.1 Å². The molecule has 0 spiro atoms. The highest BCUT2D eigenvalue weighted by Gasteiger charge is 2.50. The van der Waals surface area contributed by atoms with Gasteiger partial charge in [-0.15, -0.1) is 0 Å². The first-order valence-electron chi connectivity index (χ1n) is 28.8. The molecule has 1 heterocycles. The van der Waals surface area contributed by atoms with Crippen LogP contribution in [0, 0.1) is 0 Å². The average molecular weight is 1070 g/mol. The average Bonchev–Trinajstić information content (AvgIpc) is 3.42. The lowest BCUT2D eigenvalue weighted by Gasteiger charge is -2.40. The second kappa shape index (κ2) is 51.4. The molecular weight excluding hydrogens is 973 g/mol. The number of rotatable bonds is 46. The third kappa shape index (κ3) is 41.4. The summed E-state index contributed by atoms with van der Waals surface area (Å²) in [6, 6.07) is 0. The Bertz CT molecular complexity index is 1890. The second-order valence-corrected chi connectivity index (χ2v) is 18.8. The number of carboxylic acid groups (broad SMARTS) is 1. The van der Waals surface area contributed by atoms with Crippen molar-refractivity contribution in [2.45, 2.75) is 225 Å². The highest BCUT2D eigenvalue weighted by molar-refractivity contribution is 5.74. The van der Waals surface area contributed by atoms with Crippen LogP contribution in [-0.4, -0.2) is 89.2 Å². The summed E-state index contributed by atoms with van der Waals surface area (Å²) < 4.78 is 28.2. The van der Waals surface area contributed by atoms with Crippen LogP contribution in [0.4, 0.5) is 0 Å². The first-order valence-corrected chi connectivity index (χ1v) is 28.8. The number of aliphatic hydroxyl groups is 2. The van der Waals surface area contributed by atoms with Crippen LogP contribution < -0.4 is 0 Å². The smallest absolute Gasteiger partial charge is 0.335 e. The number of hydrogen-bond donors (Lipinski definition) is 3. The molecule has 0 aromatic rings. The van der Waals surface area contributed by atoms with E-state index in [0.717, 1.165) is 96.3 Å². The van der Waals surface area contributed by atoms with E-state index in [-0.39, 0.29) is 25.9 Å². The minimum Gasteiger partial charge on any atom is -0.479 e. The van der Waals surface area contributed by atoms with E-state index in [9.17, 15) is 34.5 Å². The molecule has 1 rings (SSSR count). The molecule has 6 unspecified atom stereocenters. The Morgan fingerprint density at radius 3 is 1.30 bits per heavy atom. The maximum atomic E-state index is 13.1. The van der Waals surface area contributed by atoms with E-state index in [4.69, 9.17) is 23.7 Å². The van der Waals surface area contributed by atoms with Crippen molar-refractivity contribution in [3.05, 3.63) is 146 Å². The number of carboxylic acids is 1. The van der Waals surface area contributed by atoms with Crippen molar-refractivity contribution < 1.29 is 58.2 Å². The number of carbonyl (C=O) groups excluding carboxylic acids is 3. The van der Waals surface area contributed by atoms with Crippen LogP contribution in [0.3, 0.4) is 0 Å². The summed E-state index contributed by atoms with van der Waals surface area (Å²) in [5.74, 6) is -3.38. The van der Waals surface area contributed by atoms with Crippen LogP contribution in [0.1, 0.15) is 188 Å². The highest BCUT2D eigenvalue weighted by atomic mass is 16.7. The third-order valence-electron chi connectivity index (χ3n) is 11.9. The number of aliphatic carboxylic acids is 1. The predicted molar refractivity (Wildman–Crippen MR) is 312 cm³/mol. The molecule has 0 aliphatic carbocycles. The Labute approximate surface area is 463 Å². The molecule has 430 valence electrons. The van der Waals surface area contributed by atoms with Crippen molar-refractivity contribution in [3.63, 3.8) is 0 Å². The van der Waals surface area contributed by atoms with Gasteiger partial charge in [0.05, 0.1) is 6.61 Å². The van der Waals surface area contributed by atoms with Gasteiger partial charge >= 0.3 is 23.9 Å². The molecule has 0 saturated carbocycles. The zero-order valence-electron chi connectivity index (χ0n) is 47.1. The molecule has 0 aromatic heterocycles. The van der Waals surface area contributed by atoms with Gasteiger partial charge in [-0.3, -0.25) is 14.4 Å². The lowest BCUT2D eigenvalue weighted by Crippen LogP contribution is -2.61. The van der Waals surface area contributed by atoms with Crippen LogP contribution in [0.15, 0.2) is 146 Å². The number of aliphatic hydroxyl groups excluding tert-OH is 2. The molecule has 0 bridgehead atoms. The zero-order valence-corrected chi connectivity index (χ0v) is 47.1. The molecule has 6 atom stereocenters. The summed E-state index contributed by atoms with van der Waals surface area (Å²) in [4.78, 5) is 51.0. The molecule has 1 fully saturated rings. The fourth-order valence-electron chi connectivity index (χ4n) is 7.55. The minimum absolute atomic E-state index is 0.0741. The van der Waals surface area contributed by atoms with Gasteiger partial charge in [-0.25, -0.2) is 4.79 Å². The van der Waals surface area contributed by atoms with Crippen LogP contribution in [0.25, 0.3) is 0 Å². The van der Waals surface area contributed by atoms with E-state index in [1.807, 2.05) is 30.4 Å². The first kappa shape index (κ1) is 69.6. The predicted octanol–water partition coefficient (Wildman–Crippen LogP) is 14.8. The second-order valence-electron chi connectivity index (χ2n) is 18.8. The molecule has 1 aliphatic rings. The number of esters is 3. The van der Waals surface area contributed by atoms with Gasteiger partial charge in [0, 0.05) is 19.3 Å². The number of ether oxygens (including phenoxy) is 5. The van der Waals surface area contributed by atoms with Gasteiger partial charge in [0.15, 0.2) is 24.6 Å². The van der Waals surface area contributed by atoms with Crippen LogP contribution in [-0.2, 0) is 42.9 Å². The van der Waals surface area contributed by atoms with Crippen molar-refractivity contribution in [1.82, 2.24) is 0 Å². The van der Waals surface area contributed by atoms with Gasteiger partial charge in [0.2, 0.25) is 0 Å². The van der Waals surface area contributed by atoms with E-state index in [2.05, 4.69) is 136 Å². The number of hydrogen-bond acceptors (Lipinski definition) is 11. The van der Waals surface area contributed by atoms with Gasteiger partial charge in [0.25, 0.3) is 0 Å². The van der Waals surface area contributed by atoms with Crippen LogP contribution in [0.5, 0.6) is 0 Å². The van der Waals surface area contributed by atoms with Gasteiger partial charge in [0.1, 0.15) is 18.8 Å². The van der Waals surface area contributed by atoms with Gasteiger partial charge in [-0.2, -0.15) is 0 Å². The van der Waals surface area contributed by atoms with Crippen molar-refractivity contribution >= 4 is 23.9 Å². The molecule has 0 amide bonds. The van der Waals surface area contributed by atoms with E-state index in [1.165, 1.54) is 19.3 Å². The van der Waals surface area contributed by atoms with Crippen molar-refractivity contribution in [1.29, 1.82) is 0 Å². The monoisotopic (exact) mass is 1070 g/mol. The molecular formula is C65H98O12.